The van der Waals surface area contributed by atoms with Crippen LogP contribution in [0.25, 0.3) is 0 Å². The van der Waals surface area contributed by atoms with Gasteiger partial charge in [0.2, 0.25) is 5.91 Å². The fraction of sp³-hybridized carbons (Fsp3) is 0.200. The Hall–Kier alpha value is -2.17. The molecule has 0 radical (unpaired) electrons. The van der Waals surface area contributed by atoms with Crippen LogP contribution in [0.3, 0.4) is 0 Å². The Bertz CT molecular complexity index is 582. The predicted octanol–water partition coefficient (Wildman–Crippen LogP) is -1.15. The van der Waals surface area contributed by atoms with E-state index < -0.39 is 35.1 Å². The molecule has 0 aliphatic heterocycles. The molecule has 1 rings (SSSR count). The second kappa shape index (κ2) is 6.84. The van der Waals surface area contributed by atoms with E-state index in [1.807, 2.05) is 0 Å². The third kappa shape index (κ3) is 5.22. The molecule has 0 fully saturated rings. The lowest BCUT2D eigenvalue weighted by molar-refractivity contribution is -0.139. The summed E-state index contributed by atoms with van der Waals surface area (Å²) < 4.78 is 28.2. The average Bonchev–Trinajstić information content (AvgIpc) is 2.36. The first-order valence-corrected chi connectivity index (χ1v) is 6.66. The van der Waals surface area contributed by atoms with Crippen LogP contribution in [0.4, 0.5) is 0 Å². The van der Waals surface area contributed by atoms with Gasteiger partial charge in [-0.2, -0.15) is 0 Å². The Kier molecular flexibility index (Phi) is 5.43. The molecule has 0 saturated heterocycles. The number of benzene rings is 1. The number of primary amides is 1. The maximum atomic E-state index is 11.7. The minimum absolute atomic E-state index is 0.148. The van der Waals surface area contributed by atoms with Gasteiger partial charge in [0, 0.05) is 0 Å². The van der Waals surface area contributed by atoms with Crippen LogP contribution < -0.4 is 15.4 Å². The number of carboxylic acids is 1. The molecule has 20 heavy (non-hydrogen) atoms. The zero-order valence-corrected chi connectivity index (χ0v) is 10.9. The first-order chi connectivity index (χ1) is 9.31. The van der Waals surface area contributed by atoms with E-state index in [9.17, 15) is 18.0 Å². The number of sulfonamides is 1. The number of carbonyl (C=O) groups excluding carboxylic acids is 1. The smallest absolute Gasteiger partial charge is 0.341 e. The van der Waals surface area contributed by atoms with E-state index in [1.54, 1.807) is 4.89 Å². The van der Waals surface area contributed by atoms with E-state index in [0.29, 0.717) is 0 Å². The van der Waals surface area contributed by atoms with Gasteiger partial charge in [0.25, 0.3) is 10.0 Å². The fourth-order valence-corrected chi connectivity index (χ4v) is 1.89. The zero-order valence-electron chi connectivity index (χ0n) is 10.1. The van der Waals surface area contributed by atoms with Gasteiger partial charge in [0.05, 0.1) is 4.90 Å². The summed E-state index contributed by atoms with van der Waals surface area (Å²) in [6, 6.07) is 4.94. The van der Waals surface area contributed by atoms with Gasteiger partial charge in [-0.05, 0) is 24.3 Å². The van der Waals surface area contributed by atoms with Crippen molar-refractivity contribution in [3.63, 3.8) is 0 Å². The summed E-state index contributed by atoms with van der Waals surface area (Å²) in [6.07, 6.45) is 0. The number of carboxylic acid groups (broad SMARTS) is 1. The quantitative estimate of drug-likeness (QED) is 0.514. The molecule has 0 atom stereocenters. The van der Waals surface area contributed by atoms with Crippen LogP contribution in [0.2, 0.25) is 0 Å². The Morgan fingerprint density at radius 2 is 1.80 bits per heavy atom. The molecule has 0 spiro atoms. The number of ether oxygens (including phenoxy) is 1. The molecule has 0 aliphatic rings. The number of rotatable bonds is 8. The van der Waals surface area contributed by atoms with Crippen LogP contribution in [-0.4, -0.2) is 38.6 Å². The Morgan fingerprint density at radius 1 is 1.20 bits per heavy atom. The number of carbonyl (C=O) groups is 2. The molecule has 0 bridgehead atoms. The van der Waals surface area contributed by atoms with Crippen molar-refractivity contribution in [1.29, 1.82) is 0 Å². The van der Waals surface area contributed by atoms with Crippen molar-refractivity contribution in [2.24, 2.45) is 5.73 Å². The average molecular weight is 304 g/mol. The maximum absolute atomic E-state index is 11.7. The summed E-state index contributed by atoms with van der Waals surface area (Å²) >= 11 is 0. The summed E-state index contributed by atoms with van der Waals surface area (Å²) in [6.45, 7) is -1.13. The van der Waals surface area contributed by atoms with Crippen molar-refractivity contribution in [3.8, 4) is 5.75 Å². The van der Waals surface area contributed by atoms with Crippen molar-refractivity contribution >= 4 is 21.9 Å². The molecule has 9 nitrogen and oxygen atoms in total. The van der Waals surface area contributed by atoms with Crippen molar-refractivity contribution in [2.75, 3.05) is 13.2 Å². The monoisotopic (exact) mass is 304 g/mol. The molecule has 0 saturated carbocycles. The highest BCUT2D eigenvalue weighted by Gasteiger charge is 2.14. The molecule has 0 aliphatic carbocycles. The molecule has 110 valence electrons. The first-order valence-electron chi connectivity index (χ1n) is 5.18. The van der Waals surface area contributed by atoms with Gasteiger partial charge >= 0.3 is 5.97 Å². The van der Waals surface area contributed by atoms with Crippen molar-refractivity contribution < 1.29 is 32.7 Å². The summed E-state index contributed by atoms with van der Waals surface area (Å²) in [5.74, 6) is -1.78. The van der Waals surface area contributed by atoms with Crippen LogP contribution in [0.5, 0.6) is 5.75 Å². The van der Waals surface area contributed by atoms with Crippen molar-refractivity contribution in [3.05, 3.63) is 24.3 Å². The van der Waals surface area contributed by atoms with Crippen molar-refractivity contribution in [1.82, 2.24) is 4.89 Å². The van der Waals surface area contributed by atoms with Gasteiger partial charge in [-0.1, -0.05) is 4.89 Å². The van der Waals surface area contributed by atoms with Crippen LogP contribution in [0, 0.1) is 0 Å². The summed E-state index contributed by atoms with van der Waals surface area (Å²) in [4.78, 5) is 26.6. The second-order valence-electron chi connectivity index (χ2n) is 3.50. The lowest BCUT2D eigenvalue weighted by Crippen LogP contribution is -2.29. The number of nitrogens with one attached hydrogen (secondary N) is 1. The SMILES string of the molecule is NC(=O)CONS(=O)(=O)c1ccc(OCC(=O)O)cc1. The topological polar surface area (TPSA) is 145 Å². The van der Waals surface area contributed by atoms with Crippen LogP contribution >= 0.6 is 0 Å². The number of nitrogens with two attached hydrogens (primary N) is 1. The third-order valence-electron chi connectivity index (χ3n) is 1.88. The lowest BCUT2D eigenvalue weighted by atomic mass is 10.3. The van der Waals surface area contributed by atoms with Crippen LogP contribution in [0.15, 0.2) is 29.2 Å². The first kappa shape index (κ1) is 15.9. The molecule has 10 heteroatoms. The summed E-state index contributed by atoms with van der Waals surface area (Å²) in [5.41, 5.74) is 4.77. The number of aliphatic carboxylic acids is 1. The molecule has 1 aromatic rings. The largest absolute Gasteiger partial charge is 0.482 e. The van der Waals surface area contributed by atoms with E-state index in [0.717, 1.165) is 0 Å². The molecule has 1 aromatic carbocycles. The second-order valence-corrected chi connectivity index (χ2v) is 5.14. The van der Waals surface area contributed by atoms with Gasteiger partial charge in [-0.15, -0.1) is 0 Å². The van der Waals surface area contributed by atoms with E-state index in [4.69, 9.17) is 15.6 Å². The molecule has 0 unspecified atom stereocenters. The molecule has 1 amide bonds. The van der Waals surface area contributed by atoms with Gasteiger partial charge in [-0.3, -0.25) is 9.63 Å². The summed E-state index contributed by atoms with van der Waals surface area (Å²) in [7, 11) is -3.96. The molecular weight excluding hydrogens is 292 g/mol. The summed E-state index contributed by atoms with van der Waals surface area (Å²) in [5, 5.41) is 8.42. The Morgan fingerprint density at radius 3 is 2.30 bits per heavy atom. The number of amides is 1. The highest BCUT2D eigenvalue weighted by atomic mass is 32.2. The van der Waals surface area contributed by atoms with Crippen LogP contribution in [-0.2, 0) is 24.4 Å². The third-order valence-corrected chi connectivity index (χ3v) is 3.11. The van der Waals surface area contributed by atoms with E-state index in [-0.39, 0.29) is 10.6 Å². The molecule has 0 heterocycles. The Balaban J connectivity index is 2.66. The normalized spacial score (nSPS) is 11.0. The molecule has 4 N–H and O–H groups in total. The maximum Gasteiger partial charge on any atom is 0.341 e. The highest BCUT2D eigenvalue weighted by Crippen LogP contribution is 2.15. The molecular formula is C10H12N2O7S. The standard InChI is InChI=1S/C10H12N2O7S/c11-9(13)5-19-12-20(16,17)8-3-1-7(2-4-8)18-6-10(14)15/h1-4,12H,5-6H2,(H2,11,13)(H,14,15). The number of hydrogen-bond donors (Lipinski definition) is 3. The van der Waals surface area contributed by atoms with E-state index >= 15 is 0 Å². The minimum Gasteiger partial charge on any atom is -0.482 e. The van der Waals surface area contributed by atoms with Crippen LogP contribution in [0.1, 0.15) is 0 Å². The van der Waals surface area contributed by atoms with E-state index in [2.05, 4.69) is 4.84 Å². The number of hydrogen-bond acceptors (Lipinski definition) is 6. The van der Waals surface area contributed by atoms with Gasteiger partial charge in [-0.25, -0.2) is 13.2 Å². The fourth-order valence-electron chi connectivity index (χ4n) is 1.09. The Labute approximate surface area is 114 Å². The van der Waals surface area contributed by atoms with Gasteiger partial charge < -0.3 is 15.6 Å². The van der Waals surface area contributed by atoms with Gasteiger partial charge in [0.15, 0.2) is 6.61 Å². The van der Waals surface area contributed by atoms with Crippen molar-refractivity contribution in [2.45, 2.75) is 4.90 Å². The minimum atomic E-state index is -3.96. The van der Waals surface area contributed by atoms with Gasteiger partial charge in [0.1, 0.15) is 12.4 Å². The highest BCUT2D eigenvalue weighted by molar-refractivity contribution is 7.89. The van der Waals surface area contributed by atoms with E-state index in [1.165, 1.54) is 24.3 Å². The lowest BCUT2D eigenvalue weighted by Gasteiger charge is -2.07. The predicted molar refractivity (Wildman–Crippen MR) is 65.0 cm³/mol. The molecule has 0 aromatic heterocycles. The zero-order chi connectivity index (χ0) is 15.2.